The minimum atomic E-state index is -0.597. The Morgan fingerprint density at radius 2 is 1.89 bits per heavy atom. The molecule has 2 aliphatic heterocycles. The Balaban J connectivity index is 1.72. The molecule has 2 heterocycles. The fourth-order valence-corrected chi connectivity index (χ4v) is 4.32. The summed E-state index contributed by atoms with van der Waals surface area (Å²) in [4.78, 5) is 2.04. The number of nitrogens with one attached hydrogen (secondary N) is 1. The molecule has 2 bridgehead atoms. The van der Waals surface area contributed by atoms with E-state index in [1.165, 1.54) is 0 Å². The molecule has 1 N–H and O–H groups in total. The lowest BCUT2D eigenvalue weighted by atomic mass is 9.90. The molecule has 6 heteroatoms. The SMILES string of the molecule is CCOc1ccc(N2C(=S)N[C@H]3C[C@]2(C)Oc2c(OCC)cccc23)cc1. The van der Waals surface area contributed by atoms with E-state index < -0.39 is 5.72 Å². The second-order valence-corrected chi connectivity index (χ2v) is 7.24. The van der Waals surface area contributed by atoms with Gasteiger partial charge in [-0.15, -0.1) is 0 Å². The molecule has 2 atom stereocenters. The van der Waals surface area contributed by atoms with Crippen LogP contribution in [0.4, 0.5) is 5.69 Å². The first-order valence-electron chi connectivity index (χ1n) is 9.34. The van der Waals surface area contributed by atoms with Crippen LogP contribution in [-0.4, -0.2) is 24.1 Å². The van der Waals surface area contributed by atoms with Gasteiger partial charge in [0.2, 0.25) is 0 Å². The van der Waals surface area contributed by atoms with Crippen molar-refractivity contribution in [2.45, 2.75) is 39.0 Å². The maximum atomic E-state index is 6.53. The van der Waals surface area contributed by atoms with Crippen LogP contribution < -0.4 is 24.4 Å². The molecule has 0 spiro atoms. The van der Waals surface area contributed by atoms with Gasteiger partial charge in [-0.05, 0) is 63.3 Å². The van der Waals surface area contributed by atoms with Crippen molar-refractivity contribution >= 4 is 23.0 Å². The molecule has 0 aliphatic carbocycles. The van der Waals surface area contributed by atoms with E-state index in [0.717, 1.165) is 34.9 Å². The highest BCUT2D eigenvalue weighted by Crippen LogP contribution is 2.49. The molecule has 0 saturated carbocycles. The minimum absolute atomic E-state index is 0.102. The van der Waals surface area contributed by atoms with Gasteiger partial charge in [-0.25, -0.2) is 0 Å². The van der Waals surface area contributed by atoms with E-state index in [1.807, 2.05) is 55.1 Å². The Bertz CT molecular complexity index is 855. The second kappa shape index (κ2) is 6.93. The van der Waals surface area contributed by atoms with Crippen LogP contribution in [0.5, 0.6) is 17.2 Å². The molecular formula is C21H24N2O3S. The lowest BCUT2D eigenvalue weighted by Crippen LogP contribution is -2.65. The number of benzene rings is 2. The lowest BCUT2D eigenvalue weighted by molar-refractivity contribution is 0.0457. The molecule has 2 aromatic rings. The number of ether oxygens (including phenoxy) is 3. The van der Waals surface area contributed by atoms with Crippen LogP contribution in [0, 0.1) is 0 Å². The Labute approximate surface area is 165 Å². The number of rotatable bonds is 5. The standard InChI is InChI=1S/C21H24N2O3S/c1-4-24-15-11-9-14(10-12-15)23-20(27)22-17-13-21(23,3)26-19-16(17)7-6-8-18(19)25-5-2/h6-12,17H,4-5,13H2,1-3H3,(H,22,27)/t17-,21-/m0/s1. The summed E-state index contributed by atoms with van der Waals surface area (Å²) in [6.45, 7) is 7.26. The maximum Gasteiger partial charge on any atom is 0.188 e. The second-order valence-electron chi connectivity index (χ2n) is 6.85. The van der Waals surface area contributed by atoms with Crippen molar-refractivity contribution in [3.8, 4) is 17.2 Å². The molecule has 0 unspecified atom stereocenters. The normalized spacial score (nSPS) is 23.1. The van der Waals surface area contributed by atoms with Gasteiger partial charge in [-0.3, -0.25) is 4.90 Å². The summed E-state index contributed by atoms with van der Waals surface area (Å²) >= 11 is 5.70. The highest BCUT2D eigenvalue weighted by molar-refractivity contribution is 7.80. The van der Waals surface area contributed by atoms with Gasteiger partial charge in [0.25, 0.3) is 0 Å². The molecule has 4 rings (SSSR count). The van der Waals surface area contributed by atoms with Gasteiger partial charge in [0.15, 0.2) is 22.3 Å². The van der Waals surface area contributed by atoms with Crippen molar-refractivity contribution in [2.75, 3.05) is 18.1 Å². The zero-order valence-electron chi connectivity index (χ0n) is 15.8. The van der Waals surface area contributed by atoms with Crippen molar-refractivity contribution in [3.05, 3.63) is 48.0 Å². The number of nitrogens with zero attached hydrogens (tertiary/aromatic N) is 1. The van der Waals surface area contributed by atoms with Crippen LogP contribution in [-0.2, 0) is 0 Å². The van der Waals surface area contributed by atoms with Crippen LogP contribution in [0.25, 0.3) is 0 Å². The van der Waals surface area contributed by atoms with E-state index in [9.17, 15) is 0 Å². The highest BCUT2D eigenvalue weighted by Gasteiger charge is 2.49. The molecule has 142 valence electrons. The van der Waals surface area contributed by atoms with Gasteiger partial charge < -0.3 is 19.5 Å². The topological polar surface area (TPSA) is 43.0 Å². The summed E-state index contributed by atoms with van der Waals surface area (Å²) in [7, 11) is 0. The van der Waals surface area contributed by atoms with Crippen LogP contribution in [0.2, 0.25) is 0 Å². The third-order valence-corrected chi connectivity index (χ3v) is 5.27. The smallest absolute Gasteiger partial charge is 0.188 e. The predicted octanol–water partition coefficient (Wildman–Crippen LogP) is 4.42. The Kier molecular flexibility index (Phi) is 4.60. The fourth-order valence-electron chi connectivity index (χ4n) is 3.88. The highest BCUT2D eigenvalue weighted by atomic mass is 32.1. The van der Waals surface area contributed by atoms with E-state index in [4.69, 9.17) is 26.4 Å². The lowest BCUT2D eigenvalue weighted by Gasteiger charge is -2.52. The molecule has 0 radical (unpaired) electrons. The zero-order chi connectivity index (χ0) is 19.0. The molecule has 5 nitrogen and oxygen atoms in total. The first-order chi connectivity index (χ1) is 13.1. The van der Waals surface area contributed by atoms with Crippen molar-refractivity contribution in [1.29, 1.82) is 0 Å². The van der Waals surface area contributed by atoms with Gasteiger partial charge in [0.1, 0.15) is 5.75 Å². The number of thiocarbonyl (C=S) groups is 1. The quantitative estimate of drug-likeness (QED) is 0.770. The zero-order valence-corrected chi connectivity index (χ0v) is 16.6. The Morgan fingerprint density at radius 3 is 2.59 bits per heavy atom. The van der Waals surface area contributed by atoms with Crippen LogP contribution in [0.15, 0.2) is 42.5 Å². The Morgan fingerprint density at radius 1 is 1.15 bits per heavy atom. The van der Waals surface area contributed by atoms with E-state index in [0.29, 0.717) is 18.3 Å². The largest absolute Gasteiger partial charge is 0.494 e. The number of para-hydroxylation sites is 1. The molecule has 0 aromatic heterocycles. The Hall–Kier alpha value is -2.47. The molecule has 2 aliphatic rings. The van der Waals surface area contributed by atoms with Crippen LogP contribution in [0.3, 0.4) is 0 Å². The minimum Gasteiger partial charge on any atom is -0.494 e. The van der Waals surface area contributed by atoms with E-state index in [2.05, 4.69) is 18.3 Å². The average Bonchev–Trinajstić information content (AvgIpc) is 2.64. The van der Waals surface area contributed by atoms with Gasteiger partial charge in [0.05, 0.1) is 19.3 Å². The van der Waals surface area contributed by atoms with Gasteiger partial charge in [0, 0.05) is 17.7 Å². The summed E-state index contributed by atoms with van der Waals surface area (Å²) in [6.07, 6.45) is 0.781. The number of hydrogen-bond donors (Lipinski definition) is 1. The van der Waals surface area contributed by atoms with Crippen LogP contribution in [0.1, 0.15) is 38.8 Å². The van der Waals surface area contributed by atoms with Crippen molar-refractivity contribution in [2.24, 2.45) is 0 Å². The average molecular weight is 385 g/mol. The summed E-state index contributed by atoms with van der Waals surface area (Å²) in [5.74, 6) is 2.41. The van der Waals surface area contributed by atoms with Crippen LogP contribution >= 0.6 is 12.2 Å². The van der Waals surface area contributed by atoms with Crippen molar-refractivity contribution in [3.63, 3.8) is 0 Å². The van der Waals surface area contributed by atoms with E-state index >= 15 is 0 Å². The summed E-state index contributed by atoms with van der Waals surface area (Å²) in [5.41, 5.74) is 1.46. The summed E-state index contributed by atoms with van der Waals surface area (Å²) in [5, 5.41) is 4.14. The molecular weight excluding hydrogens is 360 g/mol. The predicted molar refractivity (Wildman–Crippen MR) is 110 cm³/mol. The summed E-state index contributed by atoms with van der Waals surface area (Å²) < 4.78 is 17.9. The van der Waals surface area contributed by atoms with Gasteiger partial charge in [-0.1, -0.05) is 12.1 Å². The van der Waals surface area contributed by atoms with Crippen molar-refractivity contribution in [1.82, 2.24) is 5.32 Å². The first kappa shape index (κ1) is 17.9. The number of anilines is 1. The molecule has 1 saturated heterocycles. The molecule has 0 amide bonds. The van der Waals surface area contributed by atoms with E-state index in [-0.39, 0.29) is 6.04 Å². The maximum absolute atomic E-state index is 6.53. The van der Waals surface area contributed by atoms with E-state index in [1.54, 1.807) is 0 Å². The monoisotopic (exact) mass is 384 g/mol. The molecule has 2 aromatic carbocycles. The molecule has 1 fully saturated rings. The fraction of sp³-hybridized carbons (Fsp3) is 0.381. The summed E-state index contributed by atoms with van der Waals surface area (Å²) in [6, 6.07) is 14.1. The van der Waals surface area contributed by atoms with Gasteiger partial charge in [-0.2, -0.15) is 0 Å². The van der Waals surface area contributed by atoms with Crippen molar-refractivity contribution < 1.29 is 14.2 Å². The third-order valence-electron chi connectivity index (χ3n) is 4.97. The number of fused-ring (bicyclic) bond motifs is 4. The first-order valence-corrected chi connectivity index (χ1v) is 9.75. The third kappa shape index (κ3) is 3.08. The van der Waals surface area contributed by atoms with Gasteiger partial charge >= 0.3 is 0 Å². The molecule has 27 heavy (non-hydrogen) atoms. The number of hydrogen-bond acceptors (Lipinski definition) is 4.